The van der Waals surface area contributed by atoms with E-state index >= 15 is 0 Å². The van der Waals surface area contributed by atoms with Gasteiger partial charge in [-0.15, -0.1) is 0 Å². The number of aromatic amines is 2. The predicted octanol–water partition coefficient (Wildman–Crippen LogP) is 4.95. The van der Waals surface area contributed by atoms with Gasteiger partial charge in [0.05, 0.1) is 0 Å². The molecule has 3 aromatic carbocycles. The van der Waals surface area contributed by atoms with Crippen LogP contribution in [-0.2, 0) is 0 Å². The molecule has 0 atom stereocenters. The molecule has 0 bridgehead atoms. The molecule has 0 amide bonds. The van der Waals surface area contributed by atoms with Gasteiger partial charge in [-0.3, -0.25) is 0 Å². The van der Waals surface area contributed by atoms with Crippen molar-refractivity contribution in [2.45, 2.75) is 5.92 Å². The molecule has 0 aliphatic rings. The molecule has 2 aromatic heterocycles. The molecular formula is C23H18N2O3. The van der Waals surface area contributed by atoms with E-state index < -0.39 is 0 Å². The van der Waals surface area contributed by atoms with Gasteiger partial charge in [-0.2, -0.15) is 0 Å². The number of hydrogen-bond acceptors (Lipinski definition) is 3. The van der Waals surface area contributed by atoms with E-state index in [2.05, 4.69) is 9.97 Å². The summed E-state index contributed by atoms with van der Waals surface area (Å²) in [6.45, 7) is 0. The number of hydrogen-bond donors (Lipinski definition) is 5. The molecule has 5 N–H and O–H groups in total. The maximum Gasteiger partial charge on any atom is 0.117 e. The van der Waals surface area contributed by atoms with Crippen molar-refractivity contribution in [3.05, 3.63) is 89.7 Å². The minimum Gasteiger partial charge on any atom is -0.508 e. The molecule has 138 valence electrons. The summed E-state index contributed by atoms with van der Waals surface area (Å²) in [4.78, 5) is 6.50. The molecule has 0 fully saturated rings. The lowest BCUT2D eigenvalue weighted by Crippen LogP contribution is -2.02. The first-order chi connectivity index (χ1) is 13.6. The minimum atomic E-state index is -0.0998. The van der Waals surface area contributed by atoms with Crippen molar-refractivity contribution in [1.82, 2.24) is 9.97 Å². The third-order valence-electron chi connectivity index (χ3n) is 5.24. The molecule has 0 saturated heterocycles. The zero-order valence-corrected chi connectivity index (χ0v) is 14.8. The van der Waals surface area contributed by atoms with Crippen LogP contribution >= 0.6 is 0 Å². The Labute approximate surface area is 160 Å². The van der Waals surface area contributed by atoms with Gasteiger partial charge in [0, 0.05) is 52.3 Å². The number of H-pyrrole nitrogens is 2. The summed E-state index contributed by atoms with van der Waals surface area (Å²) >= 11 is 0. The lowest BCUT2D eigenvalue weighted by Gasteiger charge is -2.17. The largest absolute Gasteiger partial charge is 0.508 e. The first kappa shape index (κ1) is 16.3. The van der Waals surface area contributed by atoms with Crippen LogP contribution in [0.5, 0.6) is 17.2 Å². The highest BCUT2D eigenvalue weighted by Crippen LogP contribution is 2.40. The van der Waals surface area contributed by atoms with Crippen molar-refractivity contribution in [3.8, 4) is 17.2 Å². The van der Waals surface area contributed by atoms with E-state index in [0.717, 1.165) is 38.5 Å². The number of phenols is 3. The standard InChI is InChI=1S/C23H18N2O3/c26-14-3-1-13(2-4-14)23(19-11-24-21-9-15(27)5-7-17(19)21)20-12-25-22-10-16(28)6-8-18(20)22/h1-12,23-28H. The highest BCUT2D eigenvalue weighted by molar-refractivity contribution is 5.90. The Morgan fingerprint density at radius 1 is 0.571 bits per heavy atom. The van der Waals surface area contributed by atoms with Crippen LogP contribution in [0.2, 0.25) is 0 Å². The molecule has 28 heavy (non-hydrogen) atoms. The second kappa shape index (κ2) is 6.09. The highest BCUT2D eigenvalue weighted by atomic mass is 16.3. The topological polar surface area (TPSA) is 92.3 Å². The molecule has 0 unspecified atom stereocenters. The molecular weight excluding hydrogens is 352 g/mol. The summed E-state index contributed by atoms with van der Waals surface area (Å²) in [7, 11) is 0. The first-order valence-corrected chi connectivity index (χ1v) is 8.99. The van der Waals surface area contributed by atoms with Crippen molar-refractivity contribution in [2.24, 2.45) is 0 Å². The third kappa shape index (κ3) is 2.56. The van der Waals surface area contributed by atoms with Crippen LogP contribution in [0.1, 0.15) is 22.6 Å². The summed E-state index contributed by atoms with van der Waals surface area (Å²) < 4.78 is 0. The van der Waals surface area contributed by atoms with Crippen LogP contribution in [0.25, 0.3) is 21.8 Å². The summed E-state index contributed by atoms with van der Waals surface area (Å²) in [5.41, 5.74) is 4.87. The summed E-state index contributed by atoms with van der Waals surface area (Å²) in [6.07, 6.45) is 3.92. The molecule has 0 aliphatic carbocycles. The van der Waals surface area contributed by atoms with E-state index in [1.807, 2.05) is 36.7 Å². The molecule has 0 spiro atoms. The summed E-state index contributed by atoms with van der Waals surface area (Å²) in [6, 6.07) is 17.8. The maximum atomic E-state index is 9.80. The number of rotatable bonds is 3. The number of aromatic hydroxyl groups is 3. The van der Waals surface area contributed by atoms with Gasteiger partial charge in [0.2, 0.25) is 0 Å². The van der Waals surface area contributed by atoms with Crippen LogP contribution in [0, 0.1) is 0 Å². The fraction of sp³-hybridized carbons (Fsp3) is 0.0435. The molecule has 5 rings (SSSR count). The first-order valence-electron chi connectivity index (χ1n) is 8.99. The number of phenolic OH excluding ortho intramolecular Hbond substituents is 3. The second-order valence-electron chi connectivity index (χ2n) is 6.97. The normalized spacial score (nSPS) is 11.6. The van der Waals surface area contributed by atoms with Gasteiger partial charge in [-0.25, -0.2) is 0 Å². The molecule has 0 aliphatic heterocycles. The van der Waals surface area contributed by atoms with E-state index in [4.69, 9.17) is 0 Å². The second-order valence-corrected chi connectivity index (χ2v) is 6.97. The van der Waals surface area contributed by atoms with Crippen molar-refractivity contribution < 1.29 is 15.3 Å². The van der Waals surface area contributed by atoms with Crippen LogP contribution < -0.4 is 0 Å². The Balaban J connectivity index is 1.78. The fourth-order valence-electron chi connectivity index (χ4n) is 3.94. The molecule has 2 heterocycles. The fourth-order valence-corrected chi connectivity index (χ4v) is 3.94. The number of aromatic nitrogens is 2. The Hall–Kier alpha value is -3.86. The Morgan fingerprint density at radius 3 is 1.54 bits per heavy atom. The highest BCUT2D eigenvalue weighted by Gasteiger charge is 2.23. The average Bonchev–Trinajstić information content (AvgIpc) is 3.28. The van der Waals surface area contributed by atoms with Crippen LogP contribution in [0.4, 0.5) is 0 Å². The van der Waals surface area contributed by atoms with E-state index in [9.17, 15) is 15.3 Å². The van der Waals surface area contributed by atoms with Crippen molar-refractivity contribution in [3.63, 3.8) is 0 Å². The zero-order valence-electron chi connectivity index (χ0n) is 14.8. The van der Waals surface area contributed by atoms with E-state index in [1.165, 1.54) is 0 Å². The Morgan fingerprint density at radius 2 is 1.04 bits per heavy atom. The van der Waals surface area contributed by atoms with Gasteiger partial charge in [-0.1, -0.05) is 12.1 Å². The van der Waals surface area contributed by atoms with Gasteiger partial charge in [0.15, 0.2) is 0 Å². The Bertz CT molecular complexity index is 1220. The van der Waals surface area contributed by atoms with Gasteiger partial charge >= 0.3 is 0 Å². The number of nitrogens with one attached hydrogen (secondary N) is 2. The Kier molecular flexibility index (Phi) is 3.55. The van der Waals surface area contributed by atoms with E-state index in [-0.39, 0.29) is 23.2 Å². The van der Waals surface area contributed by atoms with Gasteiger partial charge in [0.1, 0.15) is 17.2 Å². The monoisotopic (exact) mass is 370 g/mol. The van der Waals surface area contributed by atoms with Gasteiger partial charge in [0.25, 0.3) is 0 Å². The zero-order chi connectivity index (χ0) is 19.3. The number of benzene rings is 3. The molecule has 0 saturated carbocycles. The van der Waals surface area contributed by atoms with Crippen LogP contribution in [-0.4, -0.2) is 25.3 Å². The quantitative estimate of drug-likeness (QED) is 0.311. The van der Waals surface area contributed by atoms with Crippen LogP contribution in [0.3, 0.4) is 0 Å². The third-order valence-corrected chi connectivity index (χ3v) is 5.24. The minimum absolute atomic E-state index is 0.0998. The summed E-state index contributed by atoms with van der Waals surface area (Å²) in [5, 5.41) is 31.4. The average molecular weight is 370 g/mol. The summed E-state index contributed by atoms with van der Waals surface area (Å²) in [5.74, 6) is 0.543. The molecule has 0 radical (unpaired) electrons. The molecule has 5 nitrogen and oxygen atoms in total. The number of fused-ring (bicyclic) bond motifs is 2. The van der Waals surface area contributed by atoms with E-state index in [1.54, 1.807) is 36.4 Å². The smallest absolute Gasteiger partial charge is 0.117 e. The van der Waals surface area contributed by atoms with Gasteiger partial charge in [-0.05, 0) is 53.1 Å². The van der Waals surface area contributed by atoms with Crippen LogP contribution in [0.15, 0.2) is 73.1 Å². The predicted molar refractivity (Wildman–Crippen MR) is 109 cm³/mol. The lowest BCUT2D eigenvalue weighted by atomic mass is 9.85. The SMILES string of the molecule is Oc1ccc(C(c2c[nH]c3cc(O)ccc23)c2c[nH]c3cc(O)ccc23)cc1. The van der Waals surface area contributed by atoms with Crippen molar-refractivity contribution in [1.29, 1.82) is 0 Å². The molecule has 5 aromatic rings. The van der Waals surface area contributed by atoms with E-state index in [0.29, 0.717) is 0 Å². The maximum absolute atomic E-state index is 9.80. The van der Waals surface area contributed by atoms with Gasteiger partial charge < -0.3 is 25.3 Å². The molecule has 5 heteroatoms. The van der Waals surface area contributed by atoms with Crippen molar-refractivity contribution >= 4 is 21.8 Å². The van der Waals surface area contributed by atoms with Crippen molar-refractivity contribution in [2.75, 3.05) is 0 Å². The lowest BCUT2D eigenvalue weighted by molar-refractivity contribution is 0.474.